The molecule has 0 unspecified atom stereocenters. The van der Waals surface area contributed by atoms with Crippen molar-refractivity contribution in [2.45, 2.75) is 45.6 Å². The van der Waals surface area contributed by atoms with Gasteiger partial charge in [-0.3, -0.25) is 14.5 Å². The van der Waals surface area contributed by atoms with Crippen LogP contribution in [0, 0.1) is 6.92 Å². The van der Waals surface area contributed by atoms with Gasteiger partial charge in [-0.15, -0.1) is 0 Å². The summed E-state index contributed by atoms with van der Waals surface area (Å²) in [5.74, 6) is 2.38. The maximum atomic E-state index is 12.8. The number of methoxy groups -OCH3 is 1. The van der Waals surface area contributed by atoms with Gasteiger partial charge in [-0.1, -0.05) is 18.2 Å². The number of hydrogen-bond acceptors (Lipinski definition) is 5. The standard InChI is InChI=1S/C22H26N4O3/c1-14-18-11-20(28)26(13-16-7-4-5-9-19(16)29-3)22(18)24-21(23-14)17-8-6-10-25(12-17)15(2)27/h4-5,7,9,17H,6,8,10-13H2,1-3H3/t17-/m1/s1. The van der Waals surface area contributed by atoms with Gasteiger partial charge in [0.15, 0.2) is 0 Å². The van der Waals surface area contributed by atoms with E-state index in [1.165, 1.54) is 0 Å². The molecule has 1 fully saturated rings. The van der Waals surface area contributed by atoms with Crippen LogP contribution in [-0.4, -0.2) is 46.9 Å². The zero-order chi connectivity index (χ0) is 20.5. The number of fused-ring (bicyclic) bond motifs is 1. The van der Waals surface area contributed by atoms with Crippen LogP contribution in [0.1, 0.15) is 48.3 Å². The second-order valence-corrected chi connectivity index (χ2v) is 7.74. The van der Waals surface area contributed by atoms with Gasteiger partial charge in [0, 0.05) is 42.8 Å². The molecule has 2 aliphatic heterocycles. The number of rotatable bonds is 4. The number of piperidine rings is 1. The second kappa shape index (κ2) is 7.81. The molecule has 0 spiro atoms. The molecule has 1 aromatic heterocycles. The van der Waals surface area contributed by atoms with Crippen LogP contribution < -0.4 is 9.64 Å². The lowest BCUT2D eigenvalue weighted by Gasteiger charge is -2.31. The van der Waals surface area contributed by atoms with E-state index in [1.807, 2.05) is 36.1 Å². The van der Waals surface area contributed by atoms with Gasteiger partial charge in [0.25, 0.3) is 0 Å². The summed E-state index contributed by atoms with van der Waals surface area (Å²) in [6.45, 7) is 5.37. The maximum absolute atomic E-state index is 12.8. The highest BCUT2D eigenvalue weighted by Gasteiger charge is 2.34. The Morgan fingerprint density at radius 3 is 2.83 bits per heavy atom. The maximum Gasteiger partial charge on any atom is 0.233 e. The van der Waals surface area contributed by atoms with Crippen molar-refractivity contribution in [3.8, 4) is 5.75 Å². The van der Waals surface area contributed by atoms with E-state index in [1.54, 1.807) is 18.9 Å². The molecule has 0 bridgehead atoms. The molecule has 3 heterocycles. The summed E-state index contributed by atoms with van der Waals surface area (Å²) in [4.78, 5) is 37.7. The minimum absolute atomic E-state index is 0.0227. The van der Waals surface area contributed by atoms with Crippen LogP contribution >= 0.6 is 0 Å². The highest BCUT2D eigenvalue weighted by Crippen LogP contribution is 2.34. The minimum atomic E-state index is 0.0227. The summed E-state index contributed by atoms with van der Waals surface area (Å²) < 4.78 is 5.45. The number of carbonyl (C=O) groups is 2. The molecule has 1 atom stereocenters. The Labute approximate surface area is 170 Å². The molecule has 1 aromatic carbocycles. The van der Waals surface area contributed by atoms with E-state index in [0.717, 1.165) is 47.8 Å². The van der Waals surface area contributed by atoms with E-state index in [2.05, 4.69) is 0 Å². The number of benzene rings is 1. The number of likely N-dealkylation sites (tertiary alicyclic amines) is 1. The first kappa shape index (κ1) is 19.4. The van der Waals surface area contributed by atoms with E-state index < -0.39 is 0 Å². The summed E-state index contributed by atoms with van der Waals surface area (Å²) in [7, 11) is 1.63. The number of hydrogen-bond donors (Lipinski definition) is 0. The molecule has 152 valence electrons. The van der Waals surface area contributed by atoms with Crippen LogP contribution in [0.15, 0.2) is 24.3 Å². The minimum Gasteiger partial charge on any atom is -0.496 e. The molecule has 0 aliphatic carbocycles. The molecule has 0 saturated carbocycles. The Balaban J connectivity index is 1.66. The molecule has 2 amide bonds. The van der Waals surface area contributed by atoms with Gasteiger partial charge in [-0.2, -0.15) is 0 Å². The third-order valence-electron chi connectivity index (χ3n) is 5.85. The Bertz CT molecular complexity index is 959. The average molecular weight is 394 g/mol. The third-order valence-corrected chi connectivity index (χ3v) is 5.85. The third kappa shape index (κ3) is 3.69. The quantitative estimate of drug-likeness (QED) is 0.797. The van der Waals surface area contributed by atoms with Crippen LogP contribution in [0.5, 0.6) is 5.75 Å². The number of ether oxygens (including phenoxy) is 1. The first-order chi connectivity index (χ1) is 14.0. The van der Waals surface area contributed by atoms with Crippen molar-refractivity contribution in [2.24, 2.45) is 0 Å². The first-order valence-corrected chi connectivity index (χ1v) is 10.0. The van der Waals surface area contributed by atoms with Crippen molar-refractivity contribution in [1.29, 1.82) is 0 Å². The molecule has 1 saturated heterocycles. The van der Waals surface area contributed by atoms with Crippen molar-refractivity contribution in [2.75, 3.05) is 25.1 Å². The summed E-state index contributed by atoms with van der Waals surface area (Å²) in [5, 5.41) is 0. The van der Waals surface area contributed by atoms with Crippen molar-refractivity contribution in [3.05, 3.63) is 46.9 Å². The topological polar surface area (TPSA) is 75.6 Å². The van der Waals surface area contributed by atoms with Crippen LogP contribution in [0.2, 0.25) is 0 Å². The number of aryl methyl sites for hydroxylation is 1. The second-order valence-electron chi connectivity index (χ2n) is 7.74. The number of aromatic nitrogens is 2. The van der Waals surface area contributed by atoms with E-state index >= 15 is 0 Å². The van der Waals surface area contributed by atoms with Crippen LogP contribution in [0.4, 0.5) is 5.82 Å². The lowest BCUT2D eigenvalue weighted by atomic mass is 9.96. The van der Waals surface area contributed by atoms with E-state index in [-0.39, 0.29) is 17.7 Å². The highest BCUT2D eigenvalue weighted by atomic mass is 16.5. The van der Waals surface area contributed by atoms with Crippen LogP contribution in [-0.2, 0) is 22.6 Å². The average Bonchev–Trinajstić information content (AvgIpc) is 3.04. The van der Waals surface area contributed by atoms with Crippen molar-refractivity contribution in [1.82, 2.24) is 14.9 Å². The Hall–Kier alpha value is -2.96. The molecule has 4 rings (SSSR count). The first-order valence-electron chi connectivity index (χ1n) is 10.0. The highest BCUT2D eigenvalue weighted by molar-refractivity contribution is 6.00. The van der Waals surface area contributed by atoms with E-state index in [9.17, 15) is 9.59 Å². The molecule has 29 heavy (non-hydrogen) atoms. The fraction of sp³-hybridized carbons (Fsp3) is 0.455. The smallest absolute Gasteiger partial charge is 0.233 e. The van der Waals surface area contributed by atoms with Gasteiger partial charge in [0.1, 0.15) is 17.4 Å². The Kier molecular flexibility index (Phi) is 5.22. The van der Waals surface area contributed by atoms with Gasteiger partial charge in [0.2, 0.25) is 11.8 Å². The monoisotopic (exact) mass is 394 g/mol. The number of amides is 2. The zero-order valence-corrected chi connectivity index (χ0v) is 17.1. The van der Waals surface area contributed by atoms with Gasteiger partial charge >= 0.3 is 0 Å². The molecule has 7 heteroatoms. The Morgan fingerprint density at radius 2 is 2.07 bits per heavy atom. The number of carbonyl (C=O) groups excluding carboxylic acids is 2. The number of para-hydroxylation sites is 1. The molecular formula is C22H26N4O3. The molecule has 2 aromatic rings. The van der Waals surface area contributed by atoms with E-state index in [4.69, 9.17) is 14.7 Å². The van der Waals surface area contributed by atoms with Gasteiger partial charge < -0.3 is 9.64 Å². The van der Waals surface area contributed by atoms with Crippen molar-refractivity contribution < 1.29 is 14.3 Å². The zero-order valence-electron chi connectivity index (χ0n) is 17.1. The molecule has 7 nitrogen and oxygen atoms in total. The summed E-state index contributed by atoms with van der Waals surface area (Å²) in [6, 6.07) is 7.71. The predicted octanol–water partition coefficient (Wildman–Crippen LogP) is 2.61. The fourth-order valence-electron chi connectivity index (χ4n) is 4.22. The predicted molar refractivity (Wildman–Crippen MR) is 109 cm³/mol. The van der Waals surface area contributed by atoms with Gasteiger partial charge in [-0.25, -0.2) is 9.97 Å². The SMILES string of the molecule is COc1ccccc1CN1C(=O)Cc2c(C)nc([C@@H]3CCCN(C(C)=O)C3)nc21. The largest absolute Gasteiger partial charge is 0.496 e. The lowest BCUT2D eigenvalue weighted by molar-refractivity contribution is -0.130. The van der Waals surface area contributed by atoms with E-state index in [0.29, 0.717) is 25.3 Å². The van der Waals surface area contributed by atoms with Gasteiger partial charge in [0.05, 0.1) is 20.1 Å². The normalized spacial score (nSPS) is 18.7. The summed E-state index contributed by atoms with van der Waals surface area (Å²) >= 11 is 0. The number of nitrogens with zero attached hydrogens (tertiary/aromatic N) is 4. The summed E-state index contributed by atoms with van der Waals surface area (Å²) in [6.07, 6.45) is 2.21. The van der Waals surface area contributed by atoms with Crippen molar-refractivity contribution >= 4 is 17.6 Å². The van der Waals surface area contributed by atoms with Crippen molar-refractivity contribution in [3.63, 3.8) is 0 Å². The van der Waals surface area contributed by atoms with Gasteiger partial charge in [-0.05, 0) is 25.8 Å². The Morgan fingerprint density at radius 1 is 1.28 bits per heavy atom. The molecule has 2 aliphatic rings. The lowest BCUT2D eigenvalue weighted by Crippen LogP contribution is -2.38. The number of anilines is 1. The van der Waals surface area contributed by atoms with Crippen LogP contribution in [0.3, 0.4) is 0 Å². The summed E-state index contributed by atoms with van der Waals surface area (Å²) in [5.41, 5.74) is 2.68. The fourth-order valence-corrected chi connectivity index (χ4v) is 4.22. The molecule has 0 N–H and O–H groups in total. The molecule has 0 radical (unpaired) electrons. The molecular weight excluding hydrogens is 368 g/mol. The van der Waals surface area contributed by atoms with Crippen LogP contribution in [0.25, 0.3) is 0 Å².